The van der Waals surface area contributed by atoms with Crippen molar-refractivity contribution in [2.24, 2.45) is 0 Å². The molecule has 1 unspecified atom stereocenters. The van der Waals surface area contributed by atoms with Gasteiger partial charge in [-0.25, -0.2) is 0 Å². The number of fused-ring (bicyclic) bond motifs is 1. The average molecular weight is 357 g/mol. The summed E-state index contributed by atoms with van der Waals surface area (Å²) in [4.78, 5) is 2.39. The molecule has 1 atom stereocenters. The van der Waals surface area contributed by atoms with Crippen LogP contribution in [-0.2, 0) is 13.1 Å². The maximum Gasteiger partial charge on any atom is 0.161 e. The Morgan fingerprint density at radius 3 is 2.65 bits per heavy atom. The van der Waals surface area contributed by atoms with E-state index < -0.39 is 0 Å². The second kappa shape index (κ2) is 8.32. The predicted octanol–water partition coefficient (Wildman–Crippen LogP) is 3.89. The van der Waals surface area contributed by atoms with Crippen molar-refractivity contribution in [1.82, 2.24) is 4.90 Å². The molecule has 2 aromatic carbocycles. The predicted molar refractivity (Wildman–Crippen MR) is 101 cm³/mol. The lowest BCUT2D eigenvalue weighted by molar-refractivity contribution is 0.156. The number of nitrogens with zero attached hydrogens (tertiary/aromatic N) is 1. The van der Waals surface area contributed by atoms with Crippen LogP contribution < -0.4 is 18.9 Å². The molecular weight excluding hydrogens is 330 g/mol. The van der Waals surface area contributed by atoms with E-state index >= 15 is 0 Å². The molecule has 0 saturated heterocycles. The van der Waals surface area contributed by atoms with Crippen molar-refractivity contribution in [3.63, 3.8) is 0 Å². The Morgan fingerprint density at radius 1 is 1.08 bits per heavy atom. The third kappa shape index (κ3) is 4.22. The lowest BCUT2D eigenvalue weighted by atomic mass is 10.1. The first-order chi connectivity index (χ1) is 12.6. The van der Waals surface area contributed by atoms with E-state index in [1.807, 2.05) is 25.1 Å². The molecule has 26 heavy (non-hydrogen) atoms. The van der Waals surface area contributed by atoms with Gasteiger partial charge in [-0.05, 0) is 37.6 Å². The molecule has 0 spiro atoms. The molecule has 0 amide bonds. The van der Waals surface area contributed by atoms with Crippen LogP contribution in [0.5, 0.6) is 23.0 Å². The molecule has 5 heteroatoms. The normalized spacial score (nSPS) is 17.0. The number of hydrogen-bond donors (Lipinski definition) is 0. The van der Waals surface area contributed by atoms with E-state index in [9.17, 15) is 0 Å². The van der Waals surface area contributed by atoms with Gasteiger partial charge in [-0.2, -0.15) is 0 Å². The molecule has 0 aromatic heterocycles. The Kier molecular flexibility index (Phi) is 5.89. The van der Waals surface area contributed by atoms with Crippen LogP contribution in [0.4, 0.5) is 0 Å². The van der Waals surface area contributed by atoms with Crippen molar-refractivity contribution in [1.29, 1.82) is 0 Å². The van der Waals surface area contributed by atoms with Gasteiger partial charge in [0.2, 0.25) is 0 Å². The SMILES string of the molecule is CCOc1cc(CN2Cc3ccc(OC)cc3OC(C)C2)ccc1OC. The summed E-state index contributed by atoms with van der Waals surface area (Å²) in [5, 5.41) is 0. The first kappa shape index (κ1) is 18.4. The maximum atomic E-state index is 6.10. The van der Waals surface area contributed by atoms with Gasteiger partial charge < -0.3 is 18.9 Å². The standard InChI is InChI=1S/C21H27NO4/c1-5-25-21-10-16(6-9-19(21)24-4)13-22-12-15(2)26-20-11-18(23-3)8-7-17(20)14-22/h6-11,15H,5,12-14H2,1-4H3. The van der Waals surface area contributed by atoms with Crippen LogP contribution in [-0.4, -0.2) is 38.4 Å². The fourth-order valence-electron chi connectivity index (χ4n) is 3.29. The van der Waals surface area contributed by atoms with Gasteiger partial charge in [-0.3, -0.25) is 4.90 Å². The van der Waals surface area contributed by atoms with E-state index in [1.54, 1.807) is 14.2 Å². The van der Waals surface area contributed by atoms with Gasteiger partial charge in [0.1, 0.15) is 17.6 Å². The number of hydrogen-bond acceptors (Lipinski definition) is 5. The van der Waals surface area contributed by atoms with Gasteiger partial charge >= 0.3 is 0 Å². The molecule has 3 rings (SSSR count). The summed E-state index contributed by atoms with van der Waals surface area (Å²) in [5.41, 5.74) is 2.37. The number of benzene rings is 2. The molecule has 2 aromatic rings. The highest BCUT2D eigenvalue weighted by Gasteiger charge is 2.21. The number of methoxy groups -OCH3 is 2. The minimum absolute atomic E-state index is 0.105. The van der Waals surface area contributed by atoms with E-state index in [-0.39, 0.29) is 6.10 Å². The van der Waals surface area contributed by atoms with Gasteiger partial charge in [0.15, 0.2) is 11.5 Å². The monoisotopic (exact) mass is 357 g/mol. The maximum absolute atomic E-state index is 6.10. The van der Waals surface area contributed by atoms with E-state index in [1.165, 1.54) is 11.1 Å². The lowest BCUT2D eigenvalue weighted by Crippen LogP contribution is -2.30. The molecule has 0 radical (unpaired) electrons. The zero-order valence-corrected chi connectivity index (χ0v) is 16.0. The summed E-state index contributed by atoms with van der Waals surface area (Å²) in [5.74, 6) is 3.28. The van der Waals surface area contributed by atoms with Gasteiger partial charge in [0.05, 0.1) is 20.8 Å². The number of ether oxygens (including phenoxy) is 4. The minimum Gasteiger partial charge on any atom is -0.497 e. The summed E-state index contributed by atoms with van der Waals surface area (Å²) >= 11 is 0. The zero-order chi connectivity index (χ0) is 18.5. The van der Waals surface area contributed by atoms with Crippen LogP contribution in [0.1, 0.15) is 25.0 Å². The van der Waals surface area contributed by atoms with Gasteiger partial charge in [0, 0.05) is 31.3 Å². The molecule has 0 aliphatic carbocycles. The second-order valence-corrected chi connectivity index (χ2v) is 6.49. The first-order valence-electron chi connectivity index (χ1n) is 8.98. The largest absolute Gasteiger partial charge is 0.497 e. The molecular formula is C21H27NO4. The summed E-state index contributed by atoms with van der Waals surface area (Å²) in [6.07, 6.45) is 0.105. The zero-order valence-electron chi connectivity index (χ0n) is 16.0. The van der Waals surface area contributed by atoms with E-state index in [2.05, 4.69) is 30.0 Å². The third-order valence-electron chi connectivity index (χ3n) is 4.45. The van der Waals surface area contributed by atoms with Crippen molar-refractivity contribution in [3.05, 3.63) is 47.5 Å². The Bertz CT molecular complexity index is 747. The van der Waals surface area contributed by atoms with Crippen molar-refractivity contribution in [3.8, 4) is 23.0 Å². The average Bonchev–Trinajstić information content (AvgIpc) is 2.78. The van der Waals surface area contributed by atoms with Crippen LogP contribution >= 0.6 is 0 Å². The quantitative estimate of drug-likeness (QED) is 0.784. The Balaban J connectivity index is 1.80. The highest BCUT2D eigenvalue weighted by molar-refractivity contribution is 5.43. The smallest absolute Gasteiger partial charge is 0.161 e. The second-order valence-electron chi connectivity index (χ2n) is 6.49. The highest BCUT2D eigenvalue weighted by atomic mass is 16.5. The van der Waals surface area contributed by atoms with Gasteiger partial charge in [-0.1, -0.05) is 12.1 Å². The van der Waals surface area contributed by atoms with Crippen LogP contribution in [0.3, 0.4) is 0 Å². The molecule has 140 valence electrons. The topological polar surface area (TPSA) is 40.2 Å². The van der Waals surface area contributed by atoms with Crippen LogP contribution in [0.15, 0.2) is 36.4 Å². The fraction of sp³-hybridized carbons (Fsp3) is 0.429. The molecule has 0 bridgehead atoms. The third-order valence-corrected chi connectivity index (χ3v) is 4.45. The molecule has 5 nitrogen and oxygen atoms in total. The van der Waals surface area contributed by atoms with E-state index in [0.717, 1.165) is 42.6 Å². The lowest BCUT2D eigenvalue weighted by Gasteiger charge is -2.22. The molecule has 1 aliphatic rings. The van der Waals surface area contributed by atoms with Crippen molar-refractivity contribution in [2.45, 2.75) is 33.0 Å². The van der Waals surface area contributed by atoms with Crippen LogP contribution in [0.2, 0.25) is 0 Å². The summed E-state index contributed by atoms with van der Waals surface area (Å²) < 4.78 is 22.5. The van der Waals surface area contributed by atoms with E-state index in [0.29, 0.717) is 6.61 Å². The Morgan fingerprint density at radius 2 is 1.92 bits per heavy atom. The van der Waals surface area contributed by atoms with Crippen LogP contribution in [0.25, 0.3) is 0 Å². The molecule has 1 aliphatic heterocycles. The highest BCUT2D eigenvalue weighted by Crippen LogP contribution is 2.32. The summed E-state index contributed by atoms with van der Waals surface area (Å²) in [6, 6.07) is 12.2. The number of rotatable bonds is 6. The minimum atomic E-state index is 0.105. The molecule has 1 heterocycles. The van der Waals surface area contributed by atoms with Crippen molar-refractivity contribution >= 4 is 0 Å². The molecule has 0 saturated carbocycles. The Hall–Kier alpha value is -2.40. The summed E-state index contributed by atoms with van der Waals surface area (Å²) in [7, 11) is 3.34. The summed E-state index contributed by atoms with van der Waals surface area (Å²) in [6.45, 7) is 7.20. The fourth-order valence-corrected chi connectivity index (χ4v) is 3.29. The van der Waals surface area contributed by atoms with Crippen molar-refractivity contribution < 1.29 is 18.9 Å². The molecule has 0 fully saturated rings. The van der Waals surface area contributed by atoms with E-state index in [4.69, 9.17) is 18.9 Å². The van der Waals surface area contributed by atoms with Crippen LogP contribution in [0, 0.1) is 0 Å². The first-order valence-corrected chi connectivity index (χ1v) is 8.98. The van der Waals surface area contributed by atoms with Crippen molar-refractivity contribution in [2.75, 3.05) is 27.4 Å². The van der Waals surface area contributed by atoms with Gasteiger partial charge in [0.25, 0.3) is 0 Å². The molecule has 0 N–H and O–H groups in total. The van der Waals surface area contributed by atoms with Gasteiger partial charge in [-0.15, -0.1) is 0 Å². The Labute approximate surface area is 155 Å².